The van der Waals surface area contributed by atoms with Crippen LogP contribution < -0.4 is 14.8 Å². The van der Waals surface area contributed by atoms with E-state index in [9.17, 15) is 4.79 Å². The predicted octanol–water partition coefficient (Wildman–Crippen LogP) is 4.37. The van der Waals surface area contributed by atoms with Crippen LogP contribution in [-0.2, 0) is 6.54 Å². The van der Waals surface area contributed by atoms with Crippen molar-refractivity contribution in [3.63, 3.8) is 0 Å². The molecule has 0 saturated carbocycles. The first-order chi connectivity index (χ1) is 15.2. The lowest BCUT2D eigenvalue weighted by Crippen LogP contribution is -2.22. The van der Waals surface area contributed by atoms with Crippen LogP contribution in [0.3, 0.4) is 0 Å². The van der Waals surface area contributed by atoms with E-state index in [0.717, 1.165) is 28.0 Å². The molecule has 1 amide bonds. The lowest BCUT2D eigenvalue weighted by atomic mass is 10.1. The van der Waals surface area contributed by atoms with E-state index in [1.807, 2.05) is 49.4 Å². The fourth-order valence-corrected chi connectivity index (χ4v) is 3.33. The van der Waals surface area contributed by atoms with Crippen molar-refractivity contribution in [2.45, 2.75) is 13.5 Å². The van der Waals surface area contributed by atoms with Gasteiger partial charge in [0.2, 0.25) is 18.6 Å². The molecule has 1 aliphatic rings. The highest BCUT2D eigenvalue weighted by molar-refractivity contribution is 5.94. The molecule has 0 atom stereocenters. The van der Waals surface area contributed by atoms with Crippen LogP contribution in [0.25, 0.3) is 22.9 Å². The number of rotatable bonds is 5. The summed E-state index contributed by atoms with van der Waals surface area (Å²) in [6.07, 6.45) is 0. The standard InChI is InChI=1S/C24H19N3O4/c1-15-3-2-4-19(11-15)24-27-26-23(31-24)18-8-6-17(7-9-18)22(28)25-13-16-5-10-20-21(12-16)30-14-29-20/h2-12H,13-14H2,1H3,(H,25,28). The number of ether oxygens (including phenoxy) is 2. The normalized spacial score (nSPS) is 12.0. The van der Waals surface area contributed by atoms with Crippen LogP contribution in [0, 0.1) is 6.92 Å². The SMILES string of the molecule is Cc1cccc(-c2nnc(-c3ccc(C(=O)NCc4ccc5c(c4)OCO5)cc3)o2)c1. The molecule has 1 aliphatic heterocycles. The summed E-state index contributed by atoms with van der Waals surface area (Å²) in [5.41, 5.74) is 4.22. The molecule has 7 nitrogen and oxygen atoms in total. The average molecular weight is 413 g/mol. The van der Waals surface area contributed by atoms with Gasteiger partial charge in [-0.3, -0.25) is 4.79 Å². The Kier molecular flexibility index (Phi) is 4.84. The summed E-state index contributed by atoms with van der Waals surface area (Å²) in [6.45, 7) is 2.63. The molecule has 0 aliphatic carbocycles. The van der Waals surface area contributed by atoms with Crippen molar-refractivity contribution in [3.05, 3.63) is 83.4 Å². The zero-order chi connectivity index (χ0) is 21.2. The number of carbonyl (C=O) groups is 1. The Hall–Kier alpha value is -4.13. The monoisotopic (exact) mass is 413 g/mol. The van der Waals surface area contributed by atoms with Crippen molar-refractivity contribution in [1.29, 1.82) is 0 Å². The van der Waals surface area contributed by atoms with Gasteiger partial charge < -0.3 is 19.2 Å². The maximum Gasteiger partial charge on any atom is 0.251 e. The third-order valence-electron chi connectivity index (χ3n) is 4.97. The molecule has 31 heavy (non-hydrogen) atoms. The van der Waals surface area contributed by atoms with E-state index < -0.39 is 0 Å². The van der Waals surface area contributed by atoms with Crippen LogP contribution in [0.5, 0.6) is 11.5 Å². The predicted molar refractivity (Wildman–Crippen MR) is 114 cm³/mol. The first-order valence-corrected chi connectivity index (χ1v) is 9.83. The van der Waals surface area contributed by atoms with Crippen molar-refractivity contribution in [2.75, 3.05) is 6.79 Å². The zero-order valence-corrected chi connectivity index (χ0v) is 16.8. The molecule has 154 valence electrons. The zero-order valence-electron chi connectivity index (χ0n) is 16.8. The molecule has 0 unspecified atom stereocenters. The van der Waals surface area contributed by atoms with E-state index in [-0.39, 0.29) is 12.7 Å². The van der Waals surface area contributed by atoms with Crippen LogP contribution in [0.4, 0.5) is 0 Å². The Balaban J connectivity index is 1.25. The molecular weight excluding hydrogens is 394 g/mol. The summed E-state index contributed by atoms with van der Waals surface area (Å²) in [6, 6.07) is 20.6. The average Bonchev–Trinajstić information content (AvgIpc) is 3.47. The van der Waals surface area contributed by atoms with Gasteiger partial charge in [-0.05, 0) is 61.0 Å². The highest BCUT2D eigenvalue weighted by atomic mass is 16.7. The molecule has 0 radical (unpaired) electrons. The first-order valence-electron chi connectivity index (χ1n) is 9.83. The highest BCUT2D eigenvalue weighted by Crippen LogP contribution is 2.32. The van der Waals surface area contributed by atoms with Gasteiger partial charge in [-0.2, -0.15) is 0 Å². The van der Waals surface area contributed by atoms with Gasteiger partial charge in [0.15, 0.2) is 11.5 Å². The molecule has 1 aromatic heterocycles. The number of carbonyl (C=O) groups excluding carboxylic acids is 1. The van der Waals surface area contributed by atoms with Gasteiger partial charge in [0.05, 0.1) is 0 Å². The fourth-order valence-electron chi connectivity index (χ4n) is 3.33. The minimum atomic E-state index is -0.171. The number of aryl methyl sites for hydroxylation is 1. The Morgan fingerprint density at radius 1 is 0.903 bits per heavy atom. The highest BCUT2D eigenvalue weighted by Gasteiger charge is 2.14. The quantitative estimate of drug-likeness (QED) is 0.523. The molecule has 0 fully saturated rings. The van der Waals surface area contributed by atoms with Crippen LogP contribution in [-0.4, -0.2) is 22.9 Å². The summed E-state index contributed by atoms with van der Waals surface area (Å²) in [7, 11) is 0. The summed E-state index contributed by atoms with van der Waals surface area (Å²) < 4.78 is 16.5. The van der Waals surface area contributed by atoms with E-state index in [1.165, 1.54) is 0 Å². The molecule has 7 heteroatoms. The van der Waals surface area contributed by atoms with Gasteiger partial charge in [-0.1, -0.05) is 23.8 Å². The van der Waals surface area contributed by atoms with Crippen molar-refractivity contribution in [1.82, 2.24) is 15.5 Å². The molecule has 3 aromatic carbocycles. The van der Waals surface area contributed by atoms with E-state index >= 15 is 0 Å². The van der Waals surface area contributed by atoms with Crippen LogP contribution in [0.15, 0.2) is 71.1 Å². The van der Waals surface area contributed by atoms with Gasteiger partial charge >= 0.3 is 0 Å². The second kappa shape index (κ2) is 7.95. The van der Waals surface area contributed by atoms with Crippen molar-refractivity contribution in [3.8, 4) is 34.4 Å². The van der Waals surface area contributed by atoms with Gasteiger partial charge in [-0.15, -0.1) is 10.2 Å². The topological polar surface area (TPSA) is 86.5 Å². The van der Waals surface area contributed by atoms with E-state index in [4.69, 9.17) is 13.9 Å². The van der Waals surface area contributed by atoms with Crippen LogP contribution in [0.1, 0.15) is 21.5 Å². The Morgan fingerprint density at radius 2 is 1.68 bits per heavy atom. The number of benzene rings is 3. The third-order valence-corrected chi connectivity index (χ3v) is 4.97. The van der Waals surface area contributed by atoms with Crippen molar-refractivity contribution >= 4 is 5.91 Å². The smallest absolute Gasteiger partial charge is 0.251 e. The van der Waals surface area contributed by atoms with Gasteiger partial charge in [0.1, 0.15) is 0 Å². The van der Waals surface area contributed by atoms with E-state index in [2.05, 4.69) is 15.5 Å². The number of nitrogens with zero attached hydrogens (tertiary/aromatic N) is 2. The van der Waals surface area contributed by atoms with Crippen molar-refractivity contribution < 1.29 is 18.7 Å². The second-order valence-electron chi connectivity index (χ2n) is 7.23. The van der Waals surface area contributed by atoms with E-state index in [0.29, 0.717) is 29.6 Å². The Labute approximate surface area is 178 Å². The van der Waals surface area contributed by atoms with Gasteiger partial charge in [0, 0.05) is 23.2 Å². The molecule has 2 heterocycles. The van der Waals surface area contributed by atoms with Crippen LogP contribution in [0.2, 0.25) is 0 Å². The molecule has 0 bridgehead atoms. The molecule has 0 saturated heterocycles. The lowest BCUT2D eigenvalue weighted by Gasteiger charge is -2.07. The Bertz CT molecular complexity index is 1250. The van der Waals surface area contributed by atoms with Gasteiger partial charge in [-0.25, -0.2) is 0 Å². The van der Waals surface area contributed by atoms with E-state index in [1.54, 1.807) is 24.3 Å². The minimum absolute atomic E-state index is 0.171. The lowest BCUT2D eigenvalue weighted by molar-refractivity contribution is 0.0951. The molecule has 5 rings (SSSR count). The largest absolute Gasteiger partial charge is 0.454 e. The number of hydrogen-bond donors (Lipinski definition) is 1. The summed E-state index contributed by atoms with van der Waals surface area (Å²) >= 11 is 0. The minimum Gasteiger partial charge on any atom is -0.454 e. The molecule has 0 spiro atoms. The summed E-state index contributed by atoms with van der Waals surface area (Å²) in [5.74, 6) is 2.11. The molecule has 1 N–H and O–H groups in total. The maximum atomic E-state index is 12.5. The number of hydrogen-bond acceptors (Lipinski definition) is 6. The molecular formula is C24H19N3O4. The number of aromatic nitrogens is 2. The van der Waals surface area contributed by atoms with Crippen molar-refractivity contribution in [2.24, 2.45) is 0 Å². The number of fused-ring (bicyclic) bond motifs is 1. The summed E-state index contributed by atoms with van der Waals surface area (Å²) in [5, 5.41) is 11.2. The van der Waals surface area contributed by atoms with Crippen LogP contribution >= 0.6 is 0 Å². The Morgan fingerprint density at radius 3 is 2.48 bits per heavy atom. The third kappa shape index (κ3) is 3.98. The number of nitrogens with one attached hydrogen (secondary N) is 1. The summed E-state index contributed by atoms with van der Waals surface area (Å²) in [4.78, 5) is 12.5. The fraction of sp³-hybridized carbons (Fsp3) is 0.125. The number of amides is 1. The second-order valence-corrected chi connectivity index (χ2v) is 7.23. The maximum absolute atomic E-state index is 12.5. The van der Waals surface area contributed by atoms with Gasteiger partial charge in [0.25, 0.3) is 5.91 Å². The first kappa shape index (κ1) is 18.9. The molecule has 4 aromatic rings.